The Hall–Kier alpha value is -2.89. The van der Waals surface area contributed by atoms with Gasteiger partial charge < -0.3 is 9.15 Å². The summed E-state index contributed by atoms with van der Waals surface area (Å²) >= 11 is 1.65. The average Bonchev–Trinajstić information content (AvgIpc) is 3.42. The summed E-state index contributed by atoms with van der Waals surface area (Å²) in [5, 5.41) is 6.67. The van der Waals surface area contributed by atoms with E-state index in [0.717, 1.165) is 33.3 Å². The van der Waals surface area contributed by atoms with E-state index in [1.807, 2.05) is 54.6 Å². The van der Waals surface area contributed by atoms with Crippen LogP contribution in [0.4, 0.5) is 0 Å². The van der Waals surface area contributed by atoms with Crippen LogP contribution in [-0.4, -0.2) is 12.1 Å². The van der Waals surface area contributed by atoms with Crippen molar-refractivity contribution in [2.45, 2.75) is 12.6 Å². The Morgan fingerprint density at radius 1 is 1.04 bits per heavy atom. The van der Waals surface area contributed by atoms with Crippen LogP contribution in [-0.2, 0) is 6.54 Å². The smallest absolute Gasteiger partial charge is 0.125 e. The van der Waals surface area contributed by atoms with Crippen LogP contribution in [0, 0.1) is 0 Å². The molecule has 2 aromatic carbocycles. The Balaban J connectivity index is 1.49. The number of benzene rings is 2. The molecule has 0 radical (unpaired) electrons. The largest absolute Gasteiger partial charge is 0.497 e. The average molecular weight is 376 g/mol. The van der Waals surface area contributed by atoms with Crippen molar-refractivity contribution in [2.75, 3.05) is 7.11 Å². The maximum absolute atomic E-state index is 5.64. The van der Waals surface area contributed by atoms with Crippen LogP contribution >= 0.6 is 11.3 Å². The lowest BCUT2D eigenvalue weighted by Gasteiger charge is -2.16. The fraction of sp³-hybridized carbons (Fsp3) is 0.136. The highest BCUT2D eigenvalue weighted by Gasteiger charge is 2.16. The van der Waals surface area contributed by atoms with E-state index < -0.39 is 0 Å². The molecule has 5 heteroatoms. The molecular weight excluding hydrogens is 356 g/mol. The summed E-state index contributed by atoms with van der Waals surface area (Å²) in [6.07, 6.45) is 1.71. The highest BCUT2D eigenvalue weighted by molar-refractivity contribution is 7.13. The normalized spacial score (nSPS) is 12.0. The highest BCUT2D eigenvalue weighted by Crippen LogP contribution is 2.27. The number of nitrogens with zero attached hydrogens (tertiary/aromatic N) is 1. The molecule has 4 nitrogen and oxygen atoms in total. The molecule has 0 saturated carbocycles. The third-order valence-electron chi connectivity index (χ3n) is 4.34. The minimum Gasteiger partial charge on any atom is -0.497 e. The predicted molar refractivity (Wildman–Crippen MR) is 108 cm³/mol. The lowest BCUT2D eigenvalue weighted by Crippen LogP contribution is -2.21. The lowest BCUT2D eigenvalue weighted by atomic mass is 10.0. The summed E-state index contributed by atoms with van der Waals surface area (Å²) < 4.78 is 10.9. The first-order valence-corrected chi connectivity index (χ1v) is 9.62. The quantitative estimate of drug-likeness (QED) is 0.476. The van der Waals surface area contributed by atoms with Crippen molar-refractivity contribution in [3.63, 3.8) is 0 Å². The van der Waals surface area contributed by atoms with Crippen molar-refractivity contribution in [2.24, 2.45) is 0 Å². The minimum absolute atomic E-state index is 0.00710. The number of hydrogen-bond donors (Lipinski definition) is 1. The van der Waals surface area contributed by atoms with Crippen molar-refractivity contribution in [3.05, 3.63) is 95.4 Å². The zero-order chi connectivity index (χ0) is 18.5. The number of thiazole rings is 1. The van der Waals surface area contributed by atoms with Crippen LogP contribution in [0.2, 0.25) is 0 Å². The predicted octanol–water partition coefficient (Wildman–Crippen LogP) is 5.29. The number of rotatable bonds is 7. The molecule has 1 atom stereocenters. The molecule has 0 aliphatic heterocycles. The van der Waals surface area contributed by atoms with E-state index in [1.54, 1.807) is 24.7 Å². The van der Waals surface area contributed by atoms with E-state index in [1.165, 1.54) is 0 Å². The molecule has 0 amide bonds. The number of ether oxygens (including phenoxy) is 1. The number of furan rings is 1. The van der Waals surface area contributed by atoms with Gasteiger partial charge in [-0.1, -0.05) is 30.3 Å². The molecule has 0 unspecified atom stereocenters. The van der Waals surface area contributed by atoms with Crippen molar-refractivity contribution in [1.29, 1.82) is 0 Å². The van der Waals surface area contributed by atoms with Crippen molar-refractivity contribution >= 4 is 11.3 Å². The van der Waals surface area contributed by atoms with E-state index >= 15 is 0 Å². The fourth-order valence-corrected chi connectivity index (χ4v) is 3.77. The van der Waals surface area contributed by atoms with Gasteiger partial charge in [0.15, 0.2) is 0 Å². The summed E-state index contributed by atoms with van der Waals surface area (Å²) in [4.78, 5) is 4.77. The van der Waals surface area contributed by atoms with Crippen LogP contribution in [0.15, 0.2) is 82.8 Å². The van der Waals surface area contributed by atoms with Gasteiger partial charge in [-0.25, -0.2) is 4.98 Å². The summed E-state index contributed by atoms with van der Waals surface area (Å²) in [5.74, 6) is 1.74. The summed E-state index contributed by atoms with van der Waals surface area (Å²) in [6.45, 7) is 0.660. The Bertz CT molecular complexity index is 963. The molecule has 4 aromatic rings. The van der Waals surface area contributed by atoms with Gasteiger partial charge in [0, 0.05) is 17.5 Å². The molecule has 0 aliphatic carbocycles. The molecular formula is C22H20N2O2S. The first-order valence-electron chi connectivity index (χ1n) is 8.74. The standard InChI is InChI=1S/C22H20N2O2S/c1-25-19-11-9-17(10-12-19)22-24-18(15-27-22)14-23-21(20-8-5-13-26-20)16-6-3-2-4-7-16/h2-13,15,21,23H,14H2,1H3/t21-/m1/s1. The number of nitrogens with one attached hydrogen (secondary N) is 1. The minimum atomic E-state index is -0.00710. The van der Waals surface area contributed by atoms with Crippen LogP contribution in [0.5, 0.6) is 5.75 Å². The third-order valence-corrected chi connectivity index (χ3v) is 5.28. The molecule has 2 heterocycles. The topological polar surface area (TPSA) is 47.3 Å². The molecule has 0 fully saturated rings. The van der Waals surface area contributed by atoms with Gasteiger partial charge in [0.25, 0.3) is 0 Å². The number of methoxy groups -OCH3 is 1. The molecule has 0 bridgehead atoms. The Morgan fingerprint density at radius 3 is 2.56 bits per heavy atom. The number of aromatic nitrogens is 1. The zero-order valence-corrected chi connectivity index (χ0v) is 15.8. The Kier molecular flexibility index (Phi) is 5.32. The summed E-state index contributed by atoms with van der Waals surface area (Å²) in [6, 6.07) is 22.2. The zero-order valence-electron chi connectivity index (χ0n) is 15.0. The molecule has 2 aromatic heterocycles. The van der Waals surface area contributed by atoms with Gasteiger partial charge in [-0.05, 0) is 42.0 Å². The van der Waals surface area contributed by atoms with Gasteiger partial charge in [-0.2, -0.15) is 0 Å². The Labute approximate surface area is 162 Å². The molecule has 27 heavy (non-hydrogen) atoms. The monoisotopic (exact) mass is 376 g/mol. The molecule has 1 N–H and O–H groups in total. The van der Waals surface area contributed by atoms with Crippen molar-refractivity contribution in [3.8, 4) is 16.3 Å². The van der Waals surface area contributed by atoms with Crippen LogP contribution in [0.25, 0.3) is 10.6 Å². The second-order valence-corrected chi connectivity index (χ2v) is 6.97. The van der Waals surface area contributed by atoms with E-state index in [0.29, 0.717) is 6.54 Å². The third kappa shape index (κ3) is 4.10. The van der Waals surface area contributed by atoms with E-state index in [2.05, 4.69) is 22.8 Å². The first-order chi connectivity index (χ1) is 13.3. The van der Waals surface area contributed by atoms with E-state index in [4.69, 9.17) is 14.1 Å². The maximum atomic E-state index is 5.64. The highest BCUT2D eigenvalue weighted by atomic mass is 32.1. The van der Waals surface area contributed by atoms with E-state index in [9.17, 15) is 0 Å². The van der Waals surface area contributed by atoms with Gasteiger partial charge in [0.2, 0.25) is 0 Å². The molecule has 0 saturated heterocycles. The molecule has 0 spiro atoms. The molecule has 0 aliphatic rings. The Morgan fingerprint density at radius 2 is 1.85 bits per heavy atom. The second-order valence-electron chi connectivity index (χ2n) is 6.11. The van der Waals surface area contributed by atoms with Gasteiger partial charge in [0.1, 0.15) is 16.5 Å². The van der Waals surface area contributed by atoms with Crippen molar-refractivity contribution < 1.29 is 9.15 Å². The van der Waals surface area contributed by atoms with Gasteiger partial charge in [-0.15, -0.1) is 11.3 Å². The van der Waals surface area contributed by atoms with Gasteiger partial charge in [0.05, 0.1) is 25.1 Å². The molecule has 136 valence electrons. The van der Waals surface area contributed by atoms with Gasteiger partial charge in [-0.3, -0.25) is 5.32 Å². The van der Waals surface area contributed by atoms with Crippen molar-refractivity contribution in [1.82, 2.24) is 10.3 Å². The second kappa shape index (κ2) is 8.20. The fourth-order valence-electron chi connectivity index (χ4n) is 2.94. The number of hydrogen-bond acceptors (Lipinski definition) is 5. The SMILES string of the molecule is COc1ccc(-c2nc(CN[C@H](c3ccccc3)c3ccco3)cs2)cc1. The molecule has 4 rings (SSSR count). The first kappa shape index (κ1) is 17.5. The summed E-state index contributed by atoms with van der Waals surface area (Å²) in [5.41, 5.74) is 3.27. The van der Waals surface area contributed by atoms with Crippen LogP contribution < -0.4 is 10.1 Å². The van der Waals surface area contributed by atoms with Crippen LogP contribution in [0.3, 0.4) is 0 Å². The lowest BCUT2D eigenvalue weighted by molar-refractivity contribution is 0.415. The van der Waals surface area contributed by atoms with E-state index in [-0.39, 0.29) is 6.04 Å². The summed E-state index contributed by atoms with van der Waals surface area (Å²) in [7, 11) is 1.67. The van der Waals surface area contributed by atoms with Gasteiger partial charge >= 0.3 is 0 Å². The van der Waals surface area contributed by atoms with Crippen LogP contribution in [0.1, 0.15) is 23.1 Å². The maximum Gasteiger partial charge on any atom is 0.125 e.